The largest absolute Gasteiger partial charge is 0.450 e. The summed E-state index contributed by atoms with van der Waals surface area (Å²) in [5.74, 6) is 0.880. The van der Waals surface area contributed by atoms with Gasteiger partial charge in [0.05, 0.1) is 12.7 Å². The zero-order valence-corrected chi connectivity index (χ0v) is 16.4. The van der Waals surface area contributed by atoms with Crippen LogP contribution in [0.4, 0.5) is 4.79 Å². The maximum absolute atomic E-state index is 11.8. The molecule has 1 amide bonds. The van der Waals surface area contributed by atoms with Crippen molar-refractivity contribution in [1.82, 2.24) is 15.5 Å². The maximum Gasteiger partial charge on any atom is 0.409 e. The number of aliphatic imine (C=N–C) groups is 1. The molecule has 148 valence electrons. The van der Waals surface area contributed by atoms with E-state index in [1.807, 2.05) is 14.0 Å². The number of guanidine groups is 1. The van der Waals surface area contributed by atoms with Gasteiger partial charge in [-0.3, -0.25) is 4.99 Å². The molecule has 3 fully saturated rings. The lowest BCUT2D eigenvalue weighted by atomic mass is 9.51. The lowest BCUT2D eigenvalue weighted by Crippen LogP contribution is -2.69. The predicted molar refractivity (Wildman–Crippen MR) is 101 cm³/mol. The Morgan fingerprint density at radius 1 is 1.19 bits per heavy atom. The lowest BCUT2D eigenvalue weighted by molar-refractivity contribution is -0.168. The monoisotopic (exact) mass is 366 g/mol. The number of ether oxygens (including phenoxy) is 2. The molecule has 7 heteroatoms. The van der Waals surface area contributed by atoms with Crippen LogP contribution in [0.2, 0.25) is 0 Å². The van der Waals surface area contributed by atoms with Crippen LogP contribution in [-0.2, 0) is 9.47 Å². The summed E-state index contributed by atoms with van der Waals surface area (Å²) in [5.41, 5.74) is 0.320. The molecule has 0 bridgehead atoms. The van der Waals surface area contributed by atoms with Gasteiger partial charge in [0, 0.05) is 44.2 Å². The van der Waals surface area contributed by atoms with E-state index in [0.29, 0.717) is 30.2 Å². The fourth-order valence-corrected chi connectivity index (χ4v) is 4.59. The van der Waals surface area contributed by atoms with E-state index in [9.17, 15) is 4.79 Å². The zero-order valence-electron chi connectivity index (χ0n) is 16.4. The van der Waals surface area contributed by atoms with Crippen LogP contribution in [0.15, 0.2) is 4.99 Å². The number of nitrogens with one attached hydrogen (secondary N) is 2. The quantitative estimate of drug-likeness (QED) is 0.576. The third-order valence-corrected chi connectivity index (χ3v) is 6.33. The number of carbonyl (C=O) groups is 1. The van der Waals surface area contributed by atoms with Crippen molar-refractivity contribution in [2.45, 2.75) is 70.6 Å². The van der Waals surface area contributed by atoms with Crippen LogP contribution in [0, 0.1) is 5.41 Å². The number of carbonyl (C=O) groups excluding carboxylic acids is 1. The molecule has 7 nitrogen and oxygen atoms in total. The average Bonchev–Trinajstić information content (AvgIpc) is 2.59. The summed E-state index contributed by atoms with van der Waals surface area (Å²) in [4.78, 5) is 18.0. The molecule has 0 aromatic heterocycles. The van der Waals surface area contributed by atoms with Gasteiger partial charge < -0.3 is 25.0 Å². The second kappa shape index (κ2) is 8.46. The summed E-state index contributed by atoms with van der Waals surface area (Å²) in [7, 11) is 1.83. The Kier molecular flexibility index (Phi) is 6.27. The highest BCUT2D eigenvalue weighted by molar-refractivity contribution is 5.80. The second-order valence-electron chi connectivity index (χ2n) is 7.64. The van der Waals surface area contributed by atoms with Crippen LogP contribution in [0.3, 0.4) is 0 Å². The number of likely N-dealkylation sites (tertiary alicyclic amines) is 1. The normalized spacial score (nSPS) is 28.3. The van der Waals surface area contributed by atoms with Crippen molar-refractivity contribution in [1.29, 1.82) is 0 Å². The molecule has 2 N–H and O–H groups in total. The molecule has 2 aliphatic carbocycles. The third kappa shape index (κ3) is 3.77. The van der Waals surface area contributed by atoms with Gasteiger partial charge in [-0.1, -0.05) is 6.42 Å². The van der Waals surface area contributed by atoms with Gasteiger partial charge in [-0.15, -0.1) is 0 Å². The van der Waals surface area contributed by atoms with Crippen molar-refractivity contribution in [3.8, 4) is 0 Å². The molecule has 2 atom stereocenters. The molecule has 0 aromatic rings. The van der Waals surface area contributed by atoms with Crippen LogP contribution < -0.4 is 10.6 Å². The van der Waals surface area contributed by atoms with Gasteiger partial charge in [-0.25, -0.2) is 4.79 Å². The van der Waals surface area contributed by atoms with Gasteiger partial charge in [-0.05, 0) is 46.0 Å². The number of piperidine rings is 1. The number of hydrogen-bond donors (Lipinski definition) is 2. The number of nitrogens with zero attached hydrogens (tertiary/aromatic N) is 2. The minimum atomic E-state index is -0.197. The van der Waals surface area contributed by atoms with Crippen molar-refractivity contribution < 1.29 is 14.3 Å². The van der Waals surface area contributed by atoms with Crippen LogP contribution in [-0.4, -0.2) is 68.5 Å². The molecule has 1 spiro atoms. The molecule has 0 aromatic carbocycles. The highest BCUT2D eigenvalue weighted by atomic mass is 16.6. The molecule has 1 saturated heterocycles. The zero-order chi connectivity index (χ0) is 18.6. The van der Waals surface area contributed by atoms with Gasteiger partial charge in [-0.2, -0.15) is 0 Å². The predicted octanol–water partition coefficient (Wildman–Crippen LogP) is 2.12. The van der Waals surface area contributed by atoms with Crippen LogP contribution >= 0.6 is 0 Å². The molecule has 2 unspecified atom stereocenters. The summed E-state index contributed by atoms with van der Waals surface area (Å²) in [6.07, 6.45) is 6.92. The van der Waals surface area contributed by atoms with Crippen molar-refractivity contribution in [2.75, 3.05) is 33.4 Å². The second-order valence-corrected chi connectivity index (χ2v) is 7.64. The Balaban J connectivity index is 1.45. The first-order valence-corrected chi connectivity index (χ1v) is 10.2. The van der Waals surface area contributed by atoms with Gasteiger partial charge in [0.25, 0.3) is 0 Å². The summed E-state index contributed by atoms with van der Waals surface area (Å²) in [6.45, 7) is 6.61. The molecule has 2 saturated carbocycles. The minimum absolute atomic E-state index is 0.197. The molecule has 1 aliphatic heterocycles. The van der Waals surface area contributed by atoms with E-state index >= 15 is 0 Å². The van der Waals surface area contributed by atoms with Crippen LogP contribution in [0.25, 0.3) is 0 Å². The molecule has 1 heterocycles. The lowest BCUT2D eigenvalue weighted by Gasteiger charge is -2.61. The summed E-state index contributed by atoms with van der Waals surface area (Å²) < 4.78 is 11.0. The third-order valence-electron chi connectivity index (χ3n) is 6.33. The van der Waals surface area contributed by atoms with Crippen LogP contribution in [0.5, 0.6) is 0 Å². The Labute approximate surface area is 156 Å². The fourth-order valence-electron chi connectivity index (χ4n) is 4.59. The Morgan fingerprint density at radius 2 is 1.92 bits per heavy atom. The Hall–Kier alpha value is -1.50. The first kappa shape index (κ1) is 19.3. The highest BCUT2D eigenvalue weighted by Gasteiger charge is 2.59. The summed E-state index contributed by atoms with van der Waals surface area (Å²) in [6, 6.07) is 0.797. The molecular formula is C19H34N4O3. The smallest absolute Gasteiger partial charge is 0.409 e. The van der Waals surface area contributed by atoms with Crippen molar-refractivity contribution in [2.24, 2.45) is 10.4 Å². The average molecular weight is 367 g/mol. The van der Waals surface area contributed by atoms with Gasteiger partial charge in [0.2, 0.25) is 0 Å². The van der Waals surface area contributed by atoms with E-state index in [1.54, 1.807) is 4.90 Å². The van der Waals surface area contributed by atoms with E-state index in [-0.39, 0.29) is 6.09 Å². The molecule has 3 rings (SSSR count). The molecule has 26 heavy (non-hydrogen) atoms. The standard InChI is InChI=1S/C19H34N4O3/c1-4-25-16-13-15(19(16)9-6-10-19)22-17(20-3)21-14-7-11-23(12-8-14)18(24)26-5-2/h14-16H,4-13H2,1-3H3,(H2,20,21,22). The molecular weight excluding hydrogens is 332 g/mol. The van der Waals surface area contributed by atoms with E-state index < -0.39 is 0 Å². The number of rotatable bonds is 5. The van der Waals surface area contributed by atoms with Crippen molar-refractivity contribution in [3.05, 3.63) is 0 Å². The molecule has 3 aliphatic rings. The summed E-state index contributed by atoms with van der Waals surface area (Å²) >= 11 is 0. The summed E-state index contributed by atoms with van der Waals surface area (Å²) in [5, 5.41) is 7.19. The fraction of sp³-hybridized carbons (Fsp3) is 0.895. The topological polar surface area (TPSA) is 75.2 Å². The van der Waals surface area contributed by atoms with Crippen molar-refractivity contribution >= 4 is 12.1 Å². The van der Waals surface area contributed by atoms with Gasteiger partial charge in [0.15, 0.2) is 5.96 Å². The first-order valence-electron chi connectivity index (χ1n) is 10.2. The number of hydrogen-bond acceptors (Lipinski definition) is 4. The first-order chi connectivity index (χ1) is 12.6. The van der Waals surface area contributed by atoms with E-state index in [2.05, 4.69) is 22.5 Å². The van der Waals surface area contributed by atoms with Gasteiger partial charge in [0.1, 0.15) is 0 Å². The van der Waals surface area contributed by atoms with E-state index in [1.165, 1.54) is 19.3 Å². The maximum atomic E-state index is 11.8. The van der Waals surface area contributed by atoms with Crippen molar-refractivity contribution in [3.63, 3.8) is 0 Å². The minimum Gasteiger partial charge on any atom is -0.450 e. The van der Waals surface area contributed by atoms with E-state index in [4.69, 9.17) is 9.47 Å². The van der Waals surface area contributed by atoms with E-state index in [0.717, 1.165) is 44.9 Å². The Bertz CT molecular complexity index is 513. The molecule has 0 radical (unpaired) electrons. The number of amides is 1. The van der Waals surface area contributed by atoms with Gasteiger partial charge >= 0.3 is 6.09 Å². The van der Waals surface area contributed by atoms with Crippen LogP contribution in [0.1, 0.15) is 52.4 Å². The SMILES string of the molecule is CCOC(=O)N1CCC(NC(=NC)NC2CC(OCC)C23CCC3)CC1. The highest BCUT2D eigenvalue weighted by Crippen LogP contribution is 2.57. The Morgan fingerprint density at radius 3 is 2.46 bits per heavy atom.